The molecule has 0 aliphatic carbocycles. The van der Waals surface area contributed by atoms with Gasteiger partial charge in [-0.05, 0) is 26.7 Å². The van der Waals surface area contributed by atoms with E-state index < -0.39 is 0 Å². The van der Waals surface area contributed by atoms with Gasteiger partial charge in [-0.25, -0.2) is 0 Å². The maximum atomic E-state index is 7.23. The van der Waals surface area contributed by atoms with Crippen LogP contribution in [0, 0.1) is 5.41 Å². The first kappa shape index (κ1) is 13.4. The van der Waals surface area contributed by atoms with Gasteiger partial charge in [0.15, 0.2) is 0 Å². The summed E-state index contributed by atoms with van der Waals surface area (Å²) in [6.45, 7) is 9.77. The monoisotopic (exact) mass is 199 g/mol. The van der Waals surface area contributed by atoms with Crippen LogP contribution in [0.25, 0.3) is 0 Å². The fourth-order valence-electron chi connectivity index (χ4n) is 1.87. The molecule has 14 heavy (non-hydrogen) atoms. The Morgan fingerprint density at radius 2 is 1.79 bits per heavy atom. The number of hydrogen-bond donors (Lipinski definition) is 2. The van der Waals surface area contributed by atoms with Gasteiger partial charge >= 0.3 is 0 Å². The van der Waals surface area contributed by atoms with Crippen molar-refractivity contribution in [3.8, 4) is 0 Å². The molecule has 0 bridgehead atoms. The highest BCUT2D eigenvalue weighted by Crippen LogP contribution is 2.12. The van der Waals surface area contributed by atoms with E-state index in [4.69, 9.17) is 11.1 Å². The van der Waals surface area contributed by atoms with E-state index in [1.54, 1.807) is 0 Å². The molecule has 0 aromatic heterocycles. The van der Waals surface area contributed by atoms with Gasteiger partial charge in [0.2, 0.25) is 0 Å². The normalized spacial score (nSPS) is 11.6. The van der Waals surface area contributed by atoms with Crippen molar-refractivity contribution >= 4 is 5.84 Å². The van der Waals surface area contributed by atoms with E-state index in [2.05, 4.69) is 32.6 Å². The zero-order valence-electron chi connectivity index (χ0n) is 10.0. The minimum atomic E-state index is 0.293. The van der Waals surface area contributed by atoms with Crippen LogP contribution in [0.3, 0.4) is 0 Å². The SMILES string of the molecule is CCC(CC)N(CCC(=N)N)C(C)C. The van der Waals surface area contributed by atoms with E-state index in [0.717, 1.165) is 6.54 Å². The van der Waals surface area contributed by atoms with Crippen molar-refractivity contribution in [1.82, 2.24) is 4.90 Å². The molecule has 0 atom stereocenters. The summed E-state index contributed by atoms with van der Waals surface area (Å²) in [5, 5.41) is 7.23. The Kier molecular flexibility index (Phi) is 6.54. The molecular formula is C11H25N3. The summed E-state index contributed by atoms with van der Waals surface area (Å²) >= 11 is 0. The zero-order chi connectivity index (χ0) is 11.1. The summed E-state index contributed by atoms with van der Waals surface area (Å²) in [5.74, 6) is 0.293. The Bertz CT molecular complexity index is 162. The van der Waals surface area contributed by atoms with Gasteiger partial charge in [-0.3, -0.25) is 10.3 Å². The van der Waals surface area contributed by atoms with Gasteiger partial charge in [-0.1, -0.05) is 13.8 Å². The summed E-state index contributed by atoms with van der Waals surface area (Å²) in [6, 6.07) is 1.17. The molecule has 0 unspecified atom stereocenters. The third kappa shape index (κ3) is 4.61. The Morgan fingerprint density at radius 1 is 1.29 bits per heavy atom. The topological polar surface area (TPSA) is 53.1 Å². The Morgan fingerprint density at radius 3 is 2.07 bits per heavy atom. The van der Waals surface area contributed by atoms with Crippen LogP contribution in [0.15, 0.2) is 0 Å². The average Bonchev–Trinajstić information content (AvgIpc) is 2.11. The van der Waals surface area contributed by atoms with Crippen LogP contribution in [0.1, 0.15) is 47.0 Å². The molecule has 0 heterocycles. The smallest absolute Gasteiger partial charge is 0.0918 e. The number of rotatable bonds is 7. The Balaban J connectivity index is 4.19. The second-order valence-corrected chi connectivity index (χ2v) is 4.08. The van der Waals surface area contributed by atoms with Crippen molar-refractivity contribution in [3.05, 3.63) is 0 Å². The van der Waals surface area contributed by atoms with E-state index in [0.29, 0.717) is 24.3 Å². The summed E-state index contributed by atoms with van der Waals surface area (Å²) in [5.41, 5.74) is 5.38. The van der Waals surface area contributed by atoms with Crippen molar-refractivity contribution in [3.63, 3.8) is 0 Å². The first-order chi connectivity index (χ1) is 6.52. The summed E-state index contributed by atoms with van der Waals surface area (Å²) in [4.78, 5) is 2.45. The largest absolute Gasteiger partial charge is 0.388 e. The zero-order valence-corrected chi connectivity index (χ0v) is 10.0. The van der Waals surface area contributed by atoms with Crippen molar-refractivity contribution < 1.29 is 0 Å². The average molecular weight is 199 g/mol. The first-order valence-corrected chi connectivity index (χ1v) is 5.61. The van der Waals surface area contributed by atoms with Gasteiger partial charge in [-0.2, -0.15) is 0 Å². The molecule has 0 saturated heterocycles. The van der Waals surface area contributed by atoms with Crippen molar-refractivity contribution in [2.24, 2.45) is 5.73 Å². The van der Waals surface area contributed by atoms with Gasteiger partial charge < -0.3 is 5.73 Å². The van der Waals surface area contributed by atoms with Crippen LogP contribution < -0.4 is 5.73 Å². The van der Waals surface area contributed by atoms with Crippen LogP contribution >= 0.6 is 0 Å². The molecule has 0 aliphatic rings. The van der Waals surface area contributed by atoms with Gasteiger partial charge in [-0.15, -0.1) is 0 Å². The van der Waals surface area contributed by atoms with E-state index in [9.17, 15) is 0 Å². The van der Waals surface area contributed by atoms with Gasteiger partial charge in [0, 0.05) is 25.0 Å². The second-order valence-electron chi connectivity index (χ2n) is 4.08. The third-order valence-electron chi connectivity index (χ3n) is 2.71. The first-order valence-electron chi connectivity index (χ1n) is 5.61. The molecule has 0 fully saturated rings. The minimum Gasteiger partial charge on any atom is -0.388 e. The molecule has 0 aromatic carbocycles. The highest BCUT2D eigenvalue weighted by molar-refractivity contribution is 5.76. The number of nitrogens with one attached hydrogen (secondary N) is 1. The maximum Gasteiger partial charge on any atom is 0.0918 e. The third-order valence-corrected chi connectivity index (χ3v) is 2.71. The Hall–Kier alpha value is -0.570. The highest BCUT2D eigenvalue weighted by atomic mass is 15.2. The van der Waals surface area contributed by atoms with Crippen molar-refractivity contribution in [1.29, 1.82) is 5.41 Å². The van der Waals surface area contributed by atoms with Crippen molar-refractivity contribution in [2.75, 3.05) is 6.54 Å². The van der Waals surface area contributed by atoms with Crippen LogP contribution in [-0.2, 0) is 0 Å². The van der Waals surface area contributed by atoms with E-state index in [-0.39, 0.29) is 0 Å². The molecule has 0 aliphatic heterocycles. The van der Waals surface area contributed by atoms with E-state index >= 15 is 0 Å². The van der Waals surface area contributed by atoms with Gasteiger partial charge in [0.25, 0.3) is 0 Å². The lowest BCUT2D eigenvalue weighted by Gasteiger charge is -2.33. The lowest BCUT2D eigenvalue weighted by Crippen LogP contribution is -2.41. The standard InChI is InChI=1S/C11H25N3/c1-5-10(6-2)14(9(3)4)8-7-11(12)13/h9-10H,5-8H2,1-4H3,(H3,12,13). The van der Waals surface area contributed by atoms with Gasteiger partial charge in [0.05, 0.1) is 5.84 Å². The Labute approximate surface area is 88.2 Å². The quantitative estimate of drug-likeness (QED) is 0.488. The van der Waals surface area contributed by atoms with Gasteiger partial charge in [0.1, 0.15) is 0 Å². The number of nitrogens with two attached hydrogens (primary N) is 1. The number of nitrogens with zero attached hydrogens (tertiary/aromatic N) is 1. The fraction of sp³-hybridized carbons (Fsp3) is 0.909. The number of hydrogen-bond acceptors (Lipinski definition) is 2. The predicted octanol–water partition coefficient (Wildman–Crippen LogP) is 2.21. The molecule has 84 valence electrons. The molecule has 0 amide bonds. The highest BCUT2D eigenvalue weighted by Gasteiger charge is 2.17. The summed E-state index contributed by atoms with van der Waals surface area (Å²) in [6.07, 6.45) is 3.04. The minimum absolute atomic E-state index is 0.293. The molecule has 0 spiro atoms. The molecular weight excluding hydrogens is 174 g/mol. The van der Waals surface area contributed by atoms with E-state index in [1.165, 1.54) is 12.8 Å². The molecule has 3 heteroatoms. The second kappa shape index (κ2) is 6.82. The summed E-state index contributed by atoms with van der Waals surface area (Å²) in [7, 11) is 0. The number of amidine groups is 1. The maximum absolute atomic E-state index is 7.23. The van der Waals surface area contributed by atoms with Crippen LogP contribution in [0.5, 0.6) is 0 Å². The molecule has 3 N–H and O–H groups in total. The molecule has 0 rings (SSSR count). The van der Waals surface area contributed by atoms with E-state index in [1.807, 2.05) is 0 Å². The fourth-order valence-corrected chi connectivity index (χ4v) is 1.87. The molecule has 0 saturated carbocycles. The lowest BCUT2D eigenvalue weighted by molar-refractivity contribution is 0.149. The van der Waals surface area contributed by atoms with Crippen LogP contribution in [-0.4, -0.2) is 29.4 Å². The summed E-state index contributed by atoms with van der Waals surface area (Å²) < 4.78 is 0. The van der Waals surface area contributed by atoms with Crippen LogP contribution in [0.2, 0.25) is 0 Å². The molecule has 0 aromatic rings. The molecule has 0 radical (unpaired) electrons. The lowest BCUT2D eigenvalue weighted by atomic mass is 10.1. The predicted molar refractivity (Wildman–Crippen MR) is 62.7 cm³/mol. The molecule has 3 nitrogen and oxygen atoms in total. The van der Waals surface area contributed by atoms with Crippen LogP contribution in [0.4, 0.5) is 0 Å². The van der Waals surface area contributed by atoms with Crippen molar-refractivity contribution in [2.45, 2.75) is 59.0 Å².